The molecule has 1 aromatic heterocycles. The highest BCUT2D eigenvalue weighted by Crippen LogP contribution is 2.30. The number of morpholine rings is 1. The first kappa shape index (κ1) is 27.8. The molecule has 12 heteroatoms. The van der Waals surface area contributed by atoms with Crippen molar-refractivity contribution in [1.29, 1.82) is 0 Å². The molecule has 1 N–H and O–H groups in total. The maximum absolute atomic E-state index is 12.9. The summed E-state index contributed by atoms with van der Waals surface area (Å²) in [5.41, 5.74) is 1.31. The van der Waals surface area contributed by atoms with Crippen LogP contribution in [0, 0.1) is 0 Å². The third-order valence-corrected chi connectivity index (χ3v) is 9.10. The number of rotatable bonds is 10. The number of benzene rings is 3. The number of hydrogen-bond acceptors (Lipinski definition) is 8. The van der Waals surface area contributed by atoms with E-state index in [0.29, 0.717) is 61.0 Å². The molecule has 0 atom stereocenters. The van der Waals surface area contributed by atoms with Crippen LogP contribution in [0.15, 0.2) is 88.9 Å². The smallest absolute Gasteiger partial charge is 0.243 e. The van der Waals surface area contributed by atoms with Crippen molar-refractivity contribution in [2.75, 3.05) is 37.4 Å². The lowest BCUT2D eigenvalue weighted by molar-refractivity contribution is -0.113. The average molecular weight is 580 g/mol. The molecule has 1 amide bonds. The second kappa shape index (κ2) is 12.6. The van der Waals surface area contributed by atoms with Crippen molar-refractivity contribution < 1.29 is 22.7 Å². The summed E-state index contributed by atoms with van der Waals surface area (Å²) in [4.78, 5) is 13.0. The van der Waals surface area contributed by atoms with Crippen molar-refractivity contribution in [2.45, 2.75) is 23.5 Å². The lowest BCUT2D eigenvalue weighted by atomic mass is 10.2. The third kappa shape index (κ3) is 6.36. The molecular formula is C28H29N5O5S2. The molecule has 0 saturated carbocycles. The summed E-state index contributed by atoms with van der Waals surface area (Å²) in [6, 6.07) is 23.3. The number of para-hydroxylation sites is 3. The van der Waals surface area contributed by atoms with Gasteiger partial charge in [-0.3, -0.25) is 4.79 Å². The molecule has 0 unspecified atom stereocenters. The van der Waals surface area contributed by atoms with Crippen LogP contribution in [0.1, 0.15) is 6.92 Å². The Morgan fingerprint density at radius 1 is 0.975 bits per heavy atom. The fourth-order valence-electron chi connectivity index (χ4n) is 4.20. The van der Waals surface area contributed by atoms with Gasteiger partial charge in [0.05, 0.1) is 29.5 Å². The largest absolute Gasteiger partial charge is 0.455 e. The summed E-state index contributed by atoms with van der Waals surface area (Å²) in [6.45, 7) is 4.01. The highest BCUT2D eigenvalue weighted by Gasteiger charge is 2.26. The zero-order chi connectivity index (χ0) is 28.0. The molecule has 1 fully saturated rings. The standard InChI is InChI=1S/C28H29N5O5S2/c1-2-33-27(21-12-14-23(15-13-21)40(35,36)32-16-18-37-19-17-32)30-31-28(33)39-20-26(34)29-24-10-6-7-11-25(24)38-22-8-4-3-5-9-22/h3-15H,2,16-20H2,1H3,(H,29,34). The van der Waals surface area contributed by atoms with Gasteiger partial charge in [0.25, 0.3) is 0 Å². The molecule has 4 aromatic rings. The summed E-state index contributed by atoms with van der Waals surface area (Å²) in [5.74, 6) is 1.73. The Hall–Kier alpha value is -3.71. The summed E-state index contributed by atoms with van der Waals surface area (Å²) in [7, 11) is -3.58. The van der Waals surface area contributed by atoms with Crippen LogP contribution < -0.4 is 10.1 Å². The lowest BCUT2D eigenvalue weighted by Gasteiger charge is -2.26. The number of sulfonamides is 1. The van der Waals surface area contributed by atoms with E-state index in [-0.39, 0.29) is 16.6 Å². The maximum Gasteiger partial charge on any atom is 0.243 e. The molecule has 208 valence electrons. The predicted molar refractivity (Wildman–Crippen MR) is 153 cm³/mol. The number of thioether (sulfide) groups is 1. The normalized spacial score (nSPS) is 14.1. The van der Waals surface area contributed by atoms with E-state index in [9.17, 15) is 13.2 Å². The lowest BCUT2D eigenvalue weighted by Crippen LogP contribution is -2.40. The van der Waals surface area contributed by atoms with Crippen LogP contribution in [0.4, 0.5) is 5.69 Å². The number of ether oxygens (including phenoxy) is 2. The molecule has 1 saturated heterocycles. The number of aromatic nitrogens is 3. The Labute approximate surface area is 237 Å². The van der Waals surface area contributed by atoms with Gasteiger partial charge in [-0.15, -0.1) is 10.2 Å². The molecular weight excluding hydrogens is 550 g/mol. The van der Waals surface area contributed by atoms with E-state index in [1.807, 2.05) is 54.0 Å². The first-order valence-electron chi connectivity index (χ1n) is 12.8. The van der Waals surface area contributed by atoms with Gasteiger partial charge in [-0.1, -0.05) is 42.1 Å². The van der Waals surface area contributed by atoms with E-state index in [1.165, 1.54) is 16.1 Å². The van der Waals surface area contributed by atoms with E-state index >= 15 is 0 Å². The van der Waals surface area contributed by atoms with Gasteiger partial charge in [-0.2, -0.15) is 4.31 Å². The van der Waals surface area contributed by atoms with E-state index < -0.39 is 10.0 Å². The molecule has 5 rings (SSSR count). The van der Waals surface area contributed by atoms with Gasteiger partial charge in [0, 0.05) is 25.2 Å². The zero-order valence-electron chi connectivity index (χ0n) is 21.9. The second-order valence-corrected chi connectivity index (χ2v) is 11.7. The van der Waals surface area contributed by atoms with Crippen molar-refractivity contribution in [3.63, 3.8) is 0 Å². The van der Waals surface area contributed by atoms with Gasteiger partial charge in [-0.05, 0) is 55.5 Å². The molecule has 0 radical (unpaired) electrons. The van der Waals surface area contributed by atoms with Gasteiger partial charge in [0.2, 0.25) is 15.9 Å². The monoisotopic (exact) mass is 579 g/mol. The number of nitrogens with one attached hydrogen (secondary N) is 1. The van der Waals surface area contributed by atoms with E-state index in [1.54, 1.807) is 36.4 Å². The first-order chi connectivity index (χ1) is 19.5. The van der Waals surface area contributed by atoms with Crippen molar-refractivity contribution in [3.8, 4) is 22.9 Å². The summed E-state index contributed by atoms with van der Waals surface area (Å²) in [5, 5.41) is 12.1. The van der Waals surface area contributed by atoms with Crippen LogP contribution in [0.2, 0.25) is 0 Å². The van der Waals surface area contributed by atoms with Crippen molar-refractivity contribution in [2.24, 2.45) is 0 Å². The Balaban J connectivity index is 1.24. The van der Waals surface area contributed by atoms with Crippen LogP contribution in [-0.4, -0.2) is 65.5 Å². The highest BCUT2D eigenvalue weighted by molar-refractivity contribution is 7.99. The number of hydrogen-bond donors (Lipinski definition) is 1. The third-order valence-electron chi connectivity index (χ3n) is 6.22. The molecule has 3 aromatic carbocycles. The minimum Gasteiger partial charge on any atom is -0.455 e. The summed E-state index contributed by atoms with van der Waals surface area (Å²) < 4.78 is 40.4. The zero-order valence-corrected chi connectivity index (χ0v) is 23.5. The van der Waals surface area contributed by atoms with E-state index in [4.69, 9.17) is 9.47 Å². The number of carbonyl (C=O) groups is 1. The molecule has 1 aliphatic heterocycles. The summed E-state index contributed by atoms with van der Waals surface area (Å²) >= 11 is 1.27. The molecule has 0 aliphatic carbocycles. The minimum absolute atomic E-state index is 0.120. The Morgan fingerprint density at radius 2 is 1.68 bits per heavy atom. The number of carbonyl (C=O) groups excluding carboxylic acids is 1. The van der Waals surface area contributed by atoms with Crippen molar-refractivity contribution in [3.05, 3.63) is 78.9 Å². The maximum atomic E-state index is 12.9. The number of amides is 1. The molecule has 2 heterocycles. The first-order valence-corrected chi connectivity index (χ1v) is 15.2. The van der Waals surface area contributed by atoms with Crippen molar-refractivity contribution in [1.82, 2.24) is 19.1 Å². The molecule has 10 nitrogen and oxygen atoms in total. The van der Waals surface area contributed by atoms with E-state index in [2.05, 4.69) is 15.5 Å². The summed E-state index contributed by atoms with van der Waals surface area (Å²) in [6.07, 6.45) is 0. The Morgan fingerprint density at radius 3 is 2.40 bits per heavy atom. The molecule has 1 aliphatic rings. The Kier molecular flexibility index (Phi) is 8.80. The van der Waals surface area contributed by atoms with Gasteiger partial charge >= 0.3 is 0 Å². The topological polar surface area (TPSA) is 116 Å². The highest BCUT2D eigenvalue weighted by atomic mass is 32.2. The van der Waals surface area contributed by atoms with Crippen LogP contribution in [-0.2, 0) is 26.1 Å². The molecule has 0 spiro atoms. The SMILES string of the molecule is CCn1c(SCC(=O)Nc2ccccc2Oc2ccccc2)nnc1-c1ccc(S(=O)(=O)N2CCOCC2)cc1. The number of nitrogens with zero attached hydrogens (tertiary/aromatic N) is 4. The predicted octanol–water partition coefficient (Wildman–Crippen LogP) is 4.51. The number of anilines is 1. The quantitative estimate of drug-likeness (QED) is 0.273. The Bertz CT molecular complexity index is 1550. The van der Waals surface area contributed by atoms with Crippen LogP contribution >= 0.6 is 11.8 Å². The fourth-order valence-corrected chi connectivity index (χ4v) is 6.41. The van der Waals surface area contributed by atoms with Gasteiger partial charge < -0.3 is 19.4 Å². The van der Waals surface area contributed by atoms with E-state index in [0.717, 1.165) is 5.56 Å². The molecule has 0 bridgehead atoms. The van der Waals surface area contributed by atoms with Crippen molar-refractivity contribution >= 4 is 33.4 Å². The minimum atomic E-state index is -3.58. The molecule has 40 heavy (non-hydrogen) atoms. The average Bonchev–Trinajstić information content (AvgIpc) is 3.41. The fraction of sp³-hybridized carbons (Fsp3) is 0.250. The van der Waals surface area contributed by atoms with Crippen LogP contribution in [0.3, 0.4) is 0 Å². The van der Waals surface area contributed by atoms with Gasteiger partial charge in [-0.25, -0.2) is 8.42 Å². The second-order valence-electron chi connectivity index (χ2n) is 8.84. The van der Waals surface area contributed by atoms with Gasteiger partial charge in [0.1, 0.15) is 5.75 Å². The van der Waals surface area contributed by atoms with Gasteiger partial charge in [0.15, 0.2) is 16.7 Å². The van der Waals surface area contributed by atoms with Crippen LogP contribution in [0.5, 0.6) is 11.5 Å². The van der Waals surface area contributed by atoms with Crippen LogP contribution in [0.25, 0.3) is 11.4 Å².